The third-order valence-electron chi connectivity index (χ3n) is 5.76. The summed E-state index contributed by atoms with van der Waals surface area (Å²) in [5.41, 5.74) is 3.93. The van der Waals surface area contributed by atoms with Crippen LogP contribution in [0.15, 0.2) is 77.7 Å². The van der Waals surface area contributed by atoms with Gasteiger partial charge in [-0.2, -0.15) is 4.31 Å². The Kier molecular flexibility index (Phi) is 6.14. The highest BCUT2D eigenvalue weighted by Gasteiger charge is 2.26. The molecule has 1 fully saturated rings. The summed E-state index contributed by atoms with van der Waals surface area (Å²) in [6.07, 6.45) is 0. The van der Waals surface area contributed by atoms with Gasteiger partial charge in [0.25, 0.3) is 5.91 Å². The van der Waals surface area contributed by atoms with E-state index in [9.17, 15) is 13.2 Å². The molecule has 0 radical (unpaired) electrons. The number of H-pyrrole nitrogens is 1. The fraction of sp³-hybridized carbons (Fsp3) is 0.160. The van der Waals surface area contributed by atoms with E-state index in [2.05, 4.69) is 10.3 Å². The highest BCUT2D eigenvalue weighted by Crippen LogP contribution is 2.27. The van der Waals surface area contributed by atoms with Crippen LogP contribution < -0.4 is 5.32 Å². The number of anilines is 1. The predicted molar refractivity (Wildman–Crippen MR) is 133 cm³/mol. The molecule has 0 aliphatic carbocycles. The number of hydrogen-bond donors (Lipinski definition) is 2. The number of hydrogen-bond acceptors (Lipinski definition) is 4. The smallest absolute Gasteiger partial charge is 0.255 e. The number of aromatic amines is 1. The van der Waals surface area contributed by atoms with Crippen LogP contribution in [-0.4, -0.2) is 49.9 Å². The predicted octanol–water partition coefficient (Wildman–Crippen LogP) is 4.76. The zero-order chi connectivity index (χ0) is 23.7. The molecule has 174 valence electrons. The molecule has 0 atom stereocenters. The van der Waals surface area contributed by atoms with E-state index in [1.54, 1.807) is 0 Å². The molecular formula is C25H22ClN3O4S. The minimum Gasteiger partial charge on any atom is -0.379 e. The van der Waals surface area contributed by atoms with Gasteiger partial charge in [0.1, 0.15) is 0 Å². The third-order valence-corrected chi connectivity index (χ3v) is 7.91. The van der Waals surface area contributed by atoms with E-state index in [0.29, 0.717) is 42.6 Å². The van der Waals surface area contributed by atoms with Crippen molar-refractivity contribution in [1.82, 2.24) is 9.29 Å². The molecule has 2 heterocycles. The molecule has 1 saturated heterocycles. The largest absolute Gasteiger partial charge is 0.379 e. The van der Waals surface area contributed by atoms with Crippen LogP contribution in [-0.2, 0) is 14.8 Å². The highest BCUT2D eigenvalue weighted by atomic mass is 35.5. The molecule has 1 aliphatic heterocycles. The number of sulfonamides is 1. The number of amides is 1. The molecule has 1 aromatic heterocycles. The normalized spacial score (nSPS) is 14.9. The van der Waals surface area contributed by atoms with Crippen molar-refractivity contribution in [2.24, 2.45) is 0 Å². The fourth-order valence-electron chi connectivity index (χ4n) is 3.91. The summed E-state index contributed by atoms with van der Waals surface area (Å²) >= 11 is 6.07. The summed E-state index contributed by atoms with van der Waals surface area (Å²) in [5.74, 6) is -0.316. The first-order valence-electron chi connectivity index (χ1n) is 10.8. The second kappa shape index (κ2) is 9.23. The van der Waals surface area contributed by atoms with E-state index in [1.807, 2.05) is 48.5 Å². The number of morpholine rings is 1. The Morgan fingerprint density at radius 3 is 2.35 bits per heavy atom. The Balaban J connectivity index is 1.27. The second-order valence-corrected chi connectivity index (χ2v) is 10.4. The molecule has 2 N–H and O–H groups in total. The number of ether oxygens (including phenoxy) is 1. The molecular weight excluding hydrogens is 474 g/mol. The number of halogens is 1. The summed E-state index contributed by atoms with van der Waals surface area (Å²) < 4.78 is 32.1. The van der Waals surface area contributed by atoms with Crippen molar-refractivity contribution in [2.45, 2.75) is 4.90 Å². The summed E-state index contributed by atoms with van der Waals surface area (Å²) in [4.78, 5) is 16.2. The Morgan fingerprint density at radius 2 is 1.65 bits per heavy atom. The van der Waals surface area contributed by atoms with Gasteiger partial charge < -0.3 is 15.0 Å². The fourth-order valence-corrected chi connectivity index (χ4v) is 5.50. The van der Waals surface area contributed by atoms with Crippen molar-refractivity contribution >= 4 is 44.1 Å². The van der Waals surface area contributed by atoms with Crippen molar-refractivity contribution in [3.63, 3.8) is 0 Å². The van der Waals surface area contributed by atoms with Gasteiger partial charge in [0, 0.05) is 46.0 Å². The molecule has 3 aromatic carbocycles. The zero-order valence-corrected chi connectivity index (χ0v) is 19.7. The number of carbonyl (C=O) groups excluding carboxylic acids is 1. The monoisotopic (exact) mass is 495 g/mol. The maximum atomic E-state index is 12.7. The van der Waals surface area contributed by atoms with Crippen LogP contribution in [0.5, 0.6) is 0 Å². The second-order valence-electron chi connectivity index (χ2n) is 7.99. The molecule has 9 heteroatoms. The van der Waals surface area contributed by atoms with Gasteiger partial charge in [-0.1, -0.05) is 23.7 Å². The number of rotatable bonds is 5. The first kappa shape index (κ1) is 22.6. The maximum Gasteiger partial charge on any atom is 0.255 e. The van der Waals surface area contributed by atoms with E-state index in [1.165, 1.54) is 28.6 Å². The molecule has 4 aromatic rings. The van der Waals surface area contributed by atoms with Gasteiger partial charge in [-0.05, 0) is 66.2 Å². The molecule has 1 aliphatic rings. The van der Waals surface area contributed by atoms with Gasteiger partial charge in [0.15, 0.2) is 0 Å². The first-order chi connectivity index (χ1) is 16.4. The molecule has 0 spiro atoms. The summed E-state index contributed by atoms with van der Waals surface area (Å²) in [6, 6.07) is 21.2. The molecule has 34 heavy (non-hydrogen) atoms. The van der Waals surface area contributed by atoms with Gasteiger partial charge in [-0.25, -0.2) is 8.42 Å². The van der Waals surface area contributed by atoms with E-state index < -0.39 is 10.0 Å². The van der Waals surface area contributed by atoms with Crippen molar-refractivity contribution in [3.05, 3.63) is 83.4 Å². The summed E-state index contributed by atoms with van der Waals surface area (Å²) in [5, 5.41) is 4.56. The van der Waals surface area contributed by atoms with Gasteiger partial charge in [0.2, 0.25) is 10.0 Å². The van der Waals surface area contributed by atoms with Crippen LogP contribution in [0.3, 0.4) is 0 Å². The van der Waals surface area contributed by atoms with E-state index in [0.717, 1.165) is 22.2 Å². The number of carbonyl (C=O) groups is 1. The molecule has 0 bridgehead atoms. The van der Waals surface area contributed by atoms with Gasteiger partial charge in [0.05, 0.1) is 18.1 Å². The third kappa shape index (κ3) is 4.58. The van der Waals surface area contributed by atoms with Crippen LogP contribution in [0.4, 0.5) is 5.69 Å². The Labute approximate surface area is 202 Å². The molecule has 0 unspecified atom stereocenters. The van der Waals surface area contributed by atoms with Gasteiger partial charge in [-0.15, -0.1) is 0 Å². The van der Waals surface area contributed by atoms with E-state index in [-0.39, 0.29) is 10.8 Å². The average molecular weight is 496 g/mol. The lowest BCUT2D eigenvalue weighted by Crippen LogP contribution is -2.40. The Bertz CT molecular complexity index is 1440. The first-order valence-corrected chi connectivity index (χ1v) is 12.6. The van der Waals surface area contributed by atoms with Crippen LogP contribution >= 0.6 is 11.6 Å². The van der Waals surface area contributed by atoms with Crippen molar-refractivity contribution < 1.29 is 17.9 Å². The van der Waals surface area contributed by atoms with Crippen LogP contribution in [0.25, 0.3) is 22.2 Å². The minimum atomic E-state index is -3.60. The van der Waals surface area contributed by atoms with Gasteiger partial charge in [-0.3, -0.25) is 4.79 Å². The zero-order valence-electron chi connectivity index (χ0n) is 18.1. The Morgan fingerprint density at radius 1 is 0.941 bits per heavy atom. The van der Waals surface area contributed by atoms with Crippen LogP contribution in [0.1, 0.15) is 10.4 Å². The minimum absolute atomic E-state index is 0.162. The SMILES string of the molecule is O=C(Nc1ccc(-c2cc3cc(Cl)ccc3[nH]2)cc1)c1ccc(S(=O)(=O)N2CCOCC2)cc1. The lowest BCUT2D eigenvalue weighted by atomic mass is 10.1. The number of nitrogens with zero attached hydrogens (tertiary/aromatic N) is 1. The number of nitrogens with one attached hydrogen (secondary N) is 2. The van der Waals surface area contributed by atoms with Crippen LogP contribution in [0, 0.1) is 0 Å². The number of benzene rings is 3. The van der Waals surface area contributed by atoms with Gasteiger partial charge >= 0.3 is 0 Å². The highest BCUT2D eigenvalue weighted by molar-refractivity contribution is 7.89. The standard InChI is InChI=1S/C25H22ClN3O4S/c26-20-5-10-23-19(15-20)16-24(28-23)17-1-6-21(7-2-17)27-25(30)18-3-8-22(9-4-18)34(31,32)29-11-13-33-14-12-29/h1-10,15-16,28H,11-14H2,(H,27,30). The quantitative estimate of drug-likeness (QED) is 0.417. The maximum absolute atomic E-state index is 12.7. The van der Waals surface area contributed by atoms with Crippen molar-refractivity contribution in [2.75, 3.05) is 31.6 Å². The Hall–Kier alpha value is -3.17. The van der Waals surface area contributed by atoms with Crippen molar-refractivity contribution in [1.29, 1.82) is 0 Å². The average Bonchev–Trinajstić information content (AvgIpc) is 3.28. The van der Waals surface area contributed by atoms with Crippen molar-refractivity contribution in [3.8, 4) is 11.3 Å². The lowest BCUT2D eigenvalue weighted by molar-refractivity contribution is 0.0730. The van der Waals surface area contributed by atoms with E-state index in [4.69, 9.17) is 16.3 Å². The topological polar surface area (TPSA) is 91.5 Å². The number of fused-ring (bicyclic) bond motifs is 1. The summed E-state index contributed by atoms with van der Waals surface area (Å²) in [6.45, 7) is 1.42. The number of aromatic nitrogens is 1. The van der Waals surface area contributed by atoms with E-state index >= 15 is 0 Å². The summed E-state index contributed by atoms with van der Waals surface area (Å²) in [7, 11) is -3.60. The molecule has 7 nitrogen and oxygen atoms in total. The molecule has 1 amide bonds. The molecule has 5 rings (SSSR count). The van der Waals surface area contributed by atoms with Crippen LogP contribution in [0.2, 0.25) is 5.02 Å². The lowest BCUT2D eigenvalue weighted by Gasteiger charge is -2.26. The molecule has 0 saturated carbocycles.